The van der Waals surface area contributed by atoms with Gasteiger partial charge in [-0.3, -0.25) is 0 Å². The van der Waals surface area contributed by atoms with E-state index in [1.807, 2.05) is 54.6 Å². The van der Waals surface area contributed by atoms with Gasteiger partial charge in [0.25, 0.3) is 0 Å². The van der Waals surface area contributed by atoms with Gasteiger partial charge in [-0.25, -0.2) is 9.89 Å². The molecule has 8 nitrogen and oxygen atoms in total. The fraction of sp³-hybridized carbons (Fsp3) is 0.125. The summed E-state index contributed by atoms with van der Waals surface area (Å²) < 4.78 is 10.6. The highest BCUT2D eigenvalue weighted by molar-refractivity contribution is 5.64. The number of carbonyl (C=O) groups is 1. The molecule has 24 heavy (non-hydrogen) atoms. The van der Waals surface area contributed by atoms with E-state index in [4.69, 9.17) is 15.2 Å². The third-order valence-corrected chi connectivity index (χ3v) is 3.35. The van der Waals surface area contributed by atoms with E-state index in [1.54, 1.807) is 0 Å². The Balaban J connectivity index is 1.77. The highest BCUT2D eigenvalue weighted by Crippen LogP contribution is 2.26. The second-order valence-electron chi connectivity index (χ2n) is 4.95. The third-order valence-electron chi connectivity index (χ3n) is 3.35. The van der Waals surface area contributed by atoms with Crippen molar-refractivity contribution in [2.24, 2.45) is 5.73 Å². The number of nitrogens with two attached hydrogens (primary N) is 1. The molecular formula is C16H15N5O3. The Bertz CT molecular complexity index is 775. The van der Waals surface area contributed by atoms with Crippen LogP contribution < -0.4 is 10.5 Å². The zero-order valence-corrected chi connectivity index (χ0v) is 12.6. The Morgan fingerprint density at radius 1 is 1.08 bits per heavy atom. The van der Waals surface area contributed by atoms with Crippen LogP contribution in [-0.4, -0.2) is 33.3 Å². The van der Waals surface area contributed by atoms with Gasteiger partial charge in [0.15, 0.2) is 5.82 Å². The molecule has 0 aliphatic carbocycles. The molecule has 2 aromatic carbocycles. The Hall–Kier alpha value is -3.42. The lowest BCUT2D eigenvalue weighted by Crippen LogP contribution is -2.19. The summed E-state index contributed by atoms with van der Waals surface area (Å²) in [6.45, 7) is 0.0328. The zero-order valence-electron chi connectivity index (χ0n) is 12.6. The minimum atomic E-state index is -0.850. The Morgan fingerprint density at radius 2 is 1.79 bits per heavy atom. The Morgan fingerprint density at radius 3 is 2.42 bits per heavy atom. The summed E-state index contributed by atoms with van der Waals surface area (Å²) in [6, 6.07) is 16.8. The van der Waals surface area contributed by atoms with Crippen LogP contribution in [0.3, 0.4) is 0 Å². The molecule has 1 aromatic heterocycles. The monoisotopic (exact) mass is 325 g/mol. The first kappa shape index (κ1) is 15.5. The summed E-state index contributed by atoms with van der Waals surface area (Å²) in [7, 11) is 0. The number of tetrazole rings is 1. The Kier molecular flexibility index (Phi) is 4.66. The van der Waals surface area contributed by atoms with E-state index in [9.17, 15) is 4.79 Å². The van der Waals surface area contributed by atoms with E-state index in [1.165, 1.54) is 0 Å². The first-order valence-corrected chi connectivity index (χ1v) is 7.21. The molecule has 8 heteroatoms. The van der Waals surface area contributed by atoms with Gasteiger partial charge in [-0.15, -0.1) is 5.10 Å². The molecule has 0 radical (unpaired) electrons. The third kappa shape index (κ3) is 3.86. The second-order valence-corrected chi connectivity index (χ2v) is 4.95. The second kappa shape index (κ2) is 7.23. The van der Waals surface area contributed by atoms with Crippen molar-refractivity contribution in [3.8, 4) is 11.5 Å². The number of benzene rings is 2. The van der Waals surface area contributed by atoms with Crippen LogP contribution in [0.4, 0.5) is 4.79 Å². The summed E-state index contributed by atoms with van der Waals surface area (Å²) in [5.41, 5.74) is 5.90. The Labute approximate surface area is 137 Å². The quantitative estimate of drug-likeness (QED) is 0.718. The number of aromatic nitrogens is 4. The van der Waals surface area contributed by atoms with Gasteiger partial charge in [-0.05, 0) is 40.3 Å². The molecule has 0 saturated carbocycles. The number of rotatable bonds is 6. The van der Waals surface area contributed by atoms with Gasteiger partial charge in [0.05, 0.1) is 5.92 Å². The molecule has 0 aliphatic rings. The van der Waals surface area contributed by atoms with Crippen molar-refractivity contribution >= 4 is 6.09 Å². The normalized spacial score (nSPS) is 11.7. The van der Waals surface area contributed by atoms with Crippen LogP contribution >= 0.6 is 0 Å². The van der Waals surface area contributed by atoms with Crippen LogP contribution in [0.1, 0.15) is 17.3 Å². The number of nitrogens with one attached hydrogen (secondary N) is 1. The molecule has 0 aliphatic heterocycles. The number of para-hydroxylation sites is 1. The number of carbonyl (C=O) groups excluding carboxylic acids is 1. The highest BCUT2D eigenvalue weighted by atomic mass is 16.5. The molecule has 1 unspecified atom stereocenters. The summed E-state index contributed by atoms with van der Waals surface area (Å²) >= 11 is 0. The largest absolute Gasteiger partial charge is 0.457 e. The van der Waals surface area contributed by atoms with Crippen LogP contribution in [-0.2, 0) is 4.74 Å². The van der Waals surface area contributed by atoms with Gasteiger partial charge < -0.3 is 15.2 Å². The van der Waals surface area contributed by atoms with E-state index in [-0.39, 0.29) is 12.5 Å². The zero-order chi connectivity index (χ0) is 16.8. The van der Waals surface area contributed by atoms with Crippen LogP contribution in [0.15, 0.2) is 54.6 Å². The summed E-state index contributed by atoms with van der Waals surface area (Å²) in [4.78, 5) is 10.9. The van der Waals surface area contributed by atoms with E-state index in [2.05, 4.69) is 20.6 Å². The number of hydrogen-bond acceptors (Lipinski definition) is 6. The molecule has 1 atom stereocenters. The van der Waals surface area contributed by atoms with Crippen molar-refractivity contribution in [1.82, 2.24) is 20.6 Å². The number of aromatic amines is 1. The van der Waals surface area contributed by atoms with Gasteiger partial charge in [0.1, 0.15) is 18.1 Å². The number of H-pyrrole nitrogens is 1. The number of nitrogens with zero attached hydrogens (tertiary/aromatic N) is 3. The molecule has 3 rings (SSSR count). The van der Waals surface area contributed by atoms with E-state index in [0.717, 1.165) is 11.3 Å². The van der Waals surface area contributed by atoms with Gasteiger partial charge in [-0.2, -0.15) is 0 Å². The molecule has 0 bridgehead atoms. The van der Waals surface area contributed by atoms with Crippen LogP contribution in [0.25, 0.3) is 0 Å². The minimum absolute atomic E-state index is 0.0328. The molecule has 3 aromatic rings. The van der Waals surface area contributed by atoms with Crippen molar-refractivity contribution in [2.75, 3.05) is 6.61 Å². The van der Waals surface area contributed by atoms with Gasteiger partial charge in [-0.1, -0.05) is 30.3 Å². The lowest BCUT2D eigenvalue weighted by atomic mass is 9.99. The van der Waals surface area contributed by atoms with E-state index < -0.39 is 6.09 Å². The van der Waals surface area contributed by atoms with Gasteiger partial charge >= 0.3 is 6.09 Å². The SMILES string of the molecule is NC(=O)OCC(c1ccc(Oc2ccccc2)cc1)c1nnn[nH]1. The maximum atomic E-state index is 10.9. The lowest BCUT2D eigenvalue weighted by molar-refractivity contribution is 0.152. The summed E-state index contributed by atoms with van der Waals surface area (Å²) in [6.07, 6.45) is -0.850. The number of primary amides is 1. The molecular weight excluding hydrogens is 310 g/mol. The predicted octanol–water partition coefficient (Wildman–Crippen LogP) is 2.22. The molecule has 3 N–H and O–H groups in total. The number of hydrogen-bond donors (Lipinski definition) is 2. The van der Waals surface area contributed by atoms with Crippen LogP contribution in [0.5, 0.6) is 11.5 Å². The maximum absolute atomic E-state index is 10.9. The van der Waals surface area contributed by atoms with Crippen LogP contribution in [0, 0.1) is 0 Å². The number of ether oxygens (including phenoxy) is 2. The first-order chi connectivity index (χ1) is 11.7. The first-order valence-electron chi connectivity index (χ1n) is 7.21. The summed E-state index contributed by atoms with van der Waals surface area (Å²) in [5.74, 6) is 1.57. The predicted molar refractivity (Wildman–Crippen MR) is 84.5 cm³/mol. The van der Waals surface area contributed by atoms with Crippen molar-refractivity contribution in [3.63, 3.8) is 0 Å². The van der Waals surface area contributed by atoms with E-state index >= 15 is 0 Å². The molecule has 0 spiro atoms. The average molecular weight is 325 g/mol. The topological polar surface area (TPSA) is 116 Å². The molecule has 0 fully saturated rings. The fourth-order valence-electron chi connectivity index (χ4n) is 2.21. The molecule has 0 saturated heterocycles. The van der Waals surface area contributed by atoms with Gasteiger partial charge in [0.2, 0.25) is 0 Å². The van der Waals surface area contributed by atoms with Crippen molar-refractivity contribution < 1.29 is 14.3 Å². The highest BCUT2D eigenvalue weighted by Gasteiger charge is 2.20. The molecule has 122 valence electrons. The fourth-order valence-corrected chi connectivity index (χ4v) is 2.21. The molecule has 1 amide bonds. The van der Waals surface area contributed by atoms with Crippen molar-refractivity contribution in [2.45, 2.75) is 5.92 Å². The van der Waals surface area contributed by atoms with E-state index in [0.29, 0.717) is 11.6 Å². The molecule has 1 heterocycles. The number of amides is 1. The van der Waals surface area contributed by atoms with Crippen LogP contribution in [0.2, 0.25) is 0 Å². The summed E-state index contributed by atoms with van der Waals surface area (Å²) in [5, 5.41) is 13.7. The smallest absolute Gasteiger partial charge is 0.404 e. The van der Waals surface area contributed by atoms with Gasteiger partial charge in [0, 0.05) is 0 Å². The lowest BCUT2D eigenvalue weighted by Gasteiger charge is -2.14. The minimum Gasteiger partial charge on any atom is -0.457 e. The maximum Gasteiger partial charge on any atom is 0.404 e. The van der Waals surface area contributed by atoms with Crippen molar-refractivity contribution in [1.29, 1.82) is 0 Å². The standard InChI is InChI=1S/C16H15N5O3/c17-16(22)23-10-14(15-18-20-21-19-15)11-6-8-13(9-7-11)24-12-4-2-1-3-5-12/h1-9,14H,10H2,(H2,17,22)(H,18,19,20,21). The van der Waals surface area contributed by atoms with Crippen molar-refractivity contribution in [3.05, 3.63) is 66.0 Å². The average Bonchev–Trinajstić information content (AvgIpc) is 3.11.